The maximum absolute atomic E-state index is 11.2. The Morgan fingerprint density at radius 2 is 1.92 bits per heavy atom. The summed E-state index contributed by atoms with van der Waals surface area (Å²) in [7, 11) is 0. The first-order chi connectivity index (χ1) is 5.40. The van der Waals surface area contributed by atoms with Gasteiger partial charge in [0.25, 0.3) is 0 Å². The Hall–Kier alpha value is -0.330. The van der Waals surface area contributed by atoms with Crippen molar-refractivity contribution < 1.29 is 4.79 Å². The van der Waals surface area contributed by atoms with Crippen molar-refractivity contribution in [3.63, 3.8) is 0 Å². The Morgan fingerprint density at radius 1 is 1.42 bits per heavy atom. The first-order valence-electron chi connectivity index (χ1n) is 4.91. The molecule has 0 fully saturated rings. The standard InChI is InChI=1S/C11H22O/c1-6-7-9(2)8-11(4,5)10(3)12/h9H,6-8H2,1-5H3. The van der Waals surface area contributed by atoms with Gasteiger partial charge in [-0.3, -0.25) is 4.79 Å². The van der Waals surface area contributed by atoms with Crippen LogP contribution in [0.25, 0.3) is 0 Å². The molecule has 1 unspecified atom stereocenters. The molecular weight excluding hydrogens is 148 g/mol. The van der Waals surface area contributed by atoms with Crippen LogP contribution in [0.15, 0.2) is 0 Å². The minimum Gasteiger partial charge on any atom is -0.299 e. The van der Waals surface area contributed by atoms with Crippen LogP contribution in [0.5, 0.6) is 0 Å². The molecule has 0 aromatic carbocycles. The summed E-state index contributed by atoms with van der Waals surface area (Å²) in [6.45, 7) is 10.2. The SMILES string of the molecule is CCCC(C)CC(C)(C)C(C)=O. The van der Waals surface area contributed by atoms with Gasteiger partial charge < -0.3 is 0 Å². The Kier molecular flexibility index (Phi) is 4.51. The molecule has 0 heterocycles. The van der Waals surface area contributed by atoms with E-state index in [2.05, 4.69) is 13.8 Å². The molecule has 0 saturated heterocycles. The van der Waals surface area contributed by atoms with E-state index in [0.717, 1.165) is 6.42 Å². The normalized spacial score (nSPS) is 14.4. The zero-order valence-corrected chi connectivity index (χ0v) is 9.11. The van der Waals surface area contributed by atoms with E-state index in [4.69, 9.17) is 0 Å². The van der Waals surface area contributed by atoms with Gasteiger partial charge >= 0.3 is 0 Å². The Morgan fingerprint density at radius 3 is 2.25 bits per heavy atom. The third kappa shape index (κ3) is 3.89. The van der Waals surface area contributed by atoms with Crippen LogP contribution in [0.1, 0.15) is 53.9 Å². The van der Waals surface area contributed by atoms with E-state index < -0.39 is 0 Å². The summed E-state index contributed by atoms with van der Waals surface area (Å²) in [5, 5.41) is 0. The van der Waals surface area contributed by atoms with Crippen molar-refractivity contribution >= 4 is 5.78 Å². The van der Waals surface area contributed by atoms with E-state index in [1.54, 1.807) is 6.92 Å². The van der Waals surface area contributed by atoms with E-state index in [1.807, 2.05) is 13.8 Å². The molecule has 0 spiro atoms. The number of hydrogen-bond acceptors (Lipinski definition) is 1. The minimum absolute atomic E-state index is 0.116. The Bertz CT molecular complexity index is 147. The van der Waals surface area contributed by atoms with Crippen molar-refractivity contribution in [1.29, 1.82) is 0 Å². The van der Waals surface area contributed by atoms with E-state index in [-0.39, 0.29) is 5.41 Å². The summed E-state index contributed by atoms with van der Waals surface area (Å²) >= 11 is 0. The predicted molar refractivity (Wildman–Crippen MR) is 53.2 cm³/mol. The summed E-state index contributed by atoms with van der Waals surface area (Å²) in [5.74, 6) is 0.986. The van der Waals surface area contributed by atoms with Crippen LogP contribution in [-0.2, 0) is 4.79 Å². The fourth-order valence-corrected chi connectivity index (χ4v) is 1.61. The molecule has 0 aromatic rings. The second-order valence-corrected chi connectivity index (χ2v) is 4.54. The fraction of sp³-hybridized carbons (Fsp3) is 0.909. The average Bonchev–Trinajstić information content (AvgIpc) is 1.85. The third-order valence-electron chi connectivity index (χ3n) is 2.59. The molecule has 0 rings (SSSR count). The van der Waals surface area contributed by atoms with E-state index in [1.165, 1.54) is 12.8 Å². The van der Waals surface area contributed by atoms with E-state index >= 15 is 0 Å². The van der Waals surface area contributed by atoms with Gasteiger partial charge in [-0.1, -0.05) is 40.5 Å². The predicted octanol–water partition coefficient (Wildman–Crippen LogP) is 3.43. The van der Waals surface area contributed by atoms with Gasteiger partial charge in [-0.2, -0.15) is 0 Å². The molecule has 0 aliphatic carbocycles. The van der Waals surface area contributed by atoms with Crippen molar-refractivity contribution in [2.24, 2.45) is 11.3 Å². The third-order valence-corrected chi connectivity index (χ3v) is 2.59. The Labute approximate surface area is 76.6 Å². The summed E-state index contributed by atoms with van der Waals surface area (Å²) in [4.78, 5) is 11.2. The number of ketones is 1. The molecule has 72 valence electrons. The lowest BCUT2D eigenvalue weighted by atomic mass is 9.79. The molecule has 1 heteroatoms. The molecular formula is C11H22O. The maximum atomic E-state index is 11.2. The maximum Gasteiger partial charge on any atom is 0.135 e. The molecule has 0 bridgehead atoms. The monoisotopic (exact) mass is 170 g/mol. The summed E-state index contributed by atoms with van der Waals surface area (Å²) in [6, 6.07) is 0. The van der Waals surface area contributed by atoms with Crippen molar-refractivity contribution in [2.45, 2.75) is 53.9 Å². The number of carbonyl (C=O) groups excluding carboxylic acids is 1. The highest BCUT2D eigenvalue weighted by atomic mass is 16.1. The molecule has 0 saturated carbocycles. The van der Waals surface area contributed by atoms with E-state index in [0.29, 0.717) is 11.7 Å². The quantitative estimate of drug-likeness (QED) is 0.618. The lowest BCUT2D eigenvalue weighted by Gasteiger charge is -2.24. The first-order valence-corrected chi connectivity index (χ1v) is 4.91. The van der Waals surface area contributed by atoms with Crippen LogP contribution in [-0.4, -0.2) is 5.78 Å². The highest BCUT2D eigenvalue weighted by Crippen LogP contribution is 2.28. The second kappa shape index (κ2) is 4.64. The van der Waals surface area contributed by atoms with Gasteiger partial charge in [0.2, 0.25) is 0 Å². The fourth-order valence-electron chi connectivity index (χ4n) is 1.61. The highest BCUT2D eigenvalue weighted by Gasteiger charge is 2.25. The number of carbonyl (C=O) groups is 1. The van der Waals surface area contributed by atoms with Gasteiger partial charge in [0, 0.05) is 5.41 Å². The summed E-state index contributed by atoms with van der Waals surface area (Å²) < 4.78 is 0. The molecule has 0 aliphatic rings. The van der Waals surface area contributed by atoms with Crippen LogP contribution in [0.2, 0.25) is 0 Å². The molecule has 0 N–H and O–H groups in total. The van der Waals surface area contributed by atoms with Crippen LogP contribution in [0, 0.1) is 11.3 Å². The molecule has 1 nitrogen and oxygen atoms in total. The lowest BCUT2D eigenvalue weighted by molar-refractivity contribution is -0.125. The van der Waals surface area contributed by atoms with Crippen molar-refractivity contribution in [2.75, 3.05) is 0 Å². The molecule has 0 aromatic heterocycles. The zero-order valence-electron chi connectivity index (χ0n) is 9.11. The van der Waals surface area contributed by atoms with Gasteiger partial charge in [-0.25, -0.2) is 0 Å². The molecule has 1 atom stereocenters. The van der Waals surface area contributed by atoms with Crippen molar-refractivity contribution in [3.05, 3.63) is 0 Å². The number of rotatable bonds is 5. The first kappa shape index (κ1) is 11.7. The molecule has 0 radical (unpaired) electrons. The van der Waals surface area contributed by atoms with Crippen molar-refractivity contribution in [3.8, 4) is 0 Å². The van der Waals surface area contributed by atoms with E-state index in [9.17, 15) is 4.79 Å². The van der Waals surface area contributed by atoms with Crippen LogP contribution < -0.4 is 0 Å². The van der Waals surface area contributed by atoms with Gasteiger partial charge in [-0.05, 0) is 19.3 Å². The highest BCUT2D eigenvalue weighted by molar-refractivity contribution is 5.81. The minimum atomic E-state index is -0.116. The molecule has 0 amide bonds. The number of Topliss-reactive ketones (excluding diaryl/α,β-unsaturated/α-hetero) is 1. The van der Waals surface area contributed by atoms with Gasteiger partial charge in [0.1, 0.15) is 5.78 Å². The summed E-state index contributed by atoms with van der Waals surface area (Å²) in [6.07, 6.45) is 3.47. The van der Waals surface area contributed by atoms with Crippen molar-refractivity contribution in [1.82, 2.24) is 0 Å². The topological polar surface area (TPSA) is 17.1 Å². The van der Waals surface area contributed by atoms with Crippen LogP contribution in [0.4, 0.5) is 0 Å². The molecule has 12 heavy (non-hydrogen) atoms. The summed E-state index contributed by atoms with van der Waals surface area (Å²) in [5.41, 5.74) is -0.116. The Balaban J connectivity index is 3.96. The van der Waals surface area contributed by atoms with Gasteiger partial charge in [-0.15, -0.1) is 0 Å². The van der Waals surface area contributed by atoms with Crippen LogP contribution in [0.3, 0.4) is 0 Å². The smallest absolute Gasteiger partial charge is 0.135 e. The van der Waals surface area contributed by atoms with Gasteiger partial charge in [0.15, 0.2) is 0 Å². The second-order valence-electron chi connectivity index (χ2n) is 4.54. The zero-order chi connectivity index (χ0) is 9.78. The largest absolute Gasteiger partial charge is 0.299 e. The number of hydrogen-bond donors (Lipinski definition) is 0. The average molecular weight is 170 g/mol. The van der Waals surface area contributed by atoms with Gasteiger partial charge in [0.05, 0.1) is 0 Å². The van der Waals surface area contributed by atoms with Crippen LogP contribution >= 0.6 is 0 Å². The lowest BCUT2D eigenvalue weighted by Crippen LogP contribution is -2.23. The molecule has 0 aliphatic heterocycles.